The highest BCUT2D eigenvalue weighted by atomic mass is 16.3. The molecule has 1 aromatic carbocycles. The Morgan fingerprint density at radius 3 is 2.71 bits per heavy atom. The zero-order valence-electron chi connectivity index (χ0n) is 8.13. The molecule has 0 atom stereocenters. The average molecular weight is 189 g/mol. The lowest BCUT2D eigenvalue weighted by Gasteiger charge is -1.95. The number of hydrogen-bond donors (Lipinski definition) is 1. The van der Waals surface area contributed by atoms with E-state index < -0.39 is 5.91 Å². The molecule has 0 radical (unpaired) electrons. The molecule has 0 saturated heterocycles. The molecule has 0 bridgehead atoms. The first-order chi connectivity index (χ1) is 6.61. The summed E-state index contributed by atoms with van der Waals surface area (Å²) in [5.41, 5.74) is 7.33. The van der Waals surface area contributed by atoms with Crippen molar-refractivity contribution in [1.29, 1.82) is 0 Å². The van der Waals surface area contributed by atoms with Crippen LogP contribution in [0.15, 0.2) is 22.6 Å². The lowest BCUT2D eigenvalue weighted by Crippen LogP contribution is -2.10. The lowest BCUT2D eigenvalue weighted by molar-refractivity contribution is 0.100. The smallest absolute Gasteiger partial charge is 0.252 e. The first-order valence-corrected chi connectivity index (χ1v) is 4.40. The van der Waals surface area contributed by atoms with E-state index in [0.29, 0.717) is 11.1 Å². The van der Waals surface area contributed by atoms with E-state index in [4.69, 9.17) is 10.2 Å². The van der Waals surface area contributed by atoms with Crippen molar-refractivity contribution in [3.8, 4) is 0 Å². The monoisotopic (exact) mass is 189 g/mol. The van der Waals surface area contributed by atoms with Gasteiger partial charge < -0.3 is 10.2 Å². The van der Waals surface area contributed by atoms with Crippen molar-refractivity contribution in [3.05, 3.63) is 35.1 Å². The fraction of sp³-hybridized carbons (Fsp3) is 0.182. The maximum absolute atomic E-state index is 11.1. The minimum absolute atomic E-state index is 0.443. The number of carbonyl (C=O) groups is 1. The number of nitrogens with two attached hydrogens (primary N) is 1. The zero-order chi connectivity index (χ0) is 10.3. The Bertz CT molecular complexity index is 511. The second kappa shape index (κ2) is 2.87. The Kier molecular flexibility index (Phi) is 1.81. The zero-order valence-corrected chi connectivity index (χ0v) is 8.13. The summed E-state index contributed by atoms with van der Waals surface area (Å²) in [5.74, 6) is 0.373. The fourth-order valence-corrected chi connectivity index (χ4v) is 1.56. The summed E-state index contributed by atoms with van der Waals surface area (Å²) in [4.78, 5) is 11.1. The van der Waals surface area contributed by atoms with Crippen molar-refractivity contribution in [2.75, 3.05) is 0 Å². The van der Waals surface area contributed by atoms with E-state index >= 15 is 0 Å². The third kappa shape index (κ3) is 1.09. The van der Waals surface area contributed by atoms with Crippen LogP contribution in [-0.4, -0.2) is 5.91 Å². The summed E-state index contributed by atoms with van der Waals surface area (Å²) >= 11 is 0. The highest BCUT2D eigenvalue weighted by Crippen LogP contribution is 2.26. The van der Waals surface area contributed by atoms with Gasteiger partial charge in [-0.2, -0.15) is 0 Å². The van der Waals surface area contributed by atoms with Gasteiger partial charge in [-0.05, 0) is 25.5 Å². The molecule has 2 N–H and O–H groups in total. The molecule has 0 aliphatic heterocycles. The fourth-order valence-electron chi connectivity index (χ4n) is 1.56. The quantitative estimate of drug-likeness (QED) is 0.747. The summed E-state index contributed by atoms with van der Waals surface area (Å²) < 4.78 is 5.49. The van der Waals surface area contributed by atoms with Crippen LogP contribution in [-0.2, 0) is 0 Å². The summed E-state index contributed by atoms with van der Waals surface area (Å²) in [6.07, 6.45) is 0. The van der Waals surface area contributed by atoms with Gasteiger partial charge >= 0.3 is 0 Å². The highest BCUT2D eigenvalue weighted by molar-refractivity contribution is 6.04. The van der Waals surface area contributed by atoms with Gasteiger partial charge in [-0.25, -0.2) is 0 Å². The molecule has 1 heterocycles. The number of benzene rings is 1. The first kappa shape index (κ1) is 8.81. The summed E-state index contributed by atoms with van der Waals surface area (Å²) in [5, 5.41) is 0.957. The molecule has 1 aromatic heterocycles. The number of hydrogen-bond acceptors (Lipinski definition) is 2. The van der Waals surface area contributed by atoms with E-state index in [0.717, 1.165) is 16.7 Å². The van der Waals surface area contributed by atoms with Crippen molar-refractivity contribution >= 4 is 16.9 Å². The largest absolute Gasteiger partial charge is 0.460 e. The molecule has 1 amide bonds. The van der Waals surface area contributed by atoms with Crippen LogP contribution in [0.2, 0.25) is 0 Å². The van der Waals surface area contributed by atoms with Crippen LogP contribution in [0.5, 0.6) is 0 Å². The van der Waals surface area contributed by atoms with E-state index in [9.17, 15) is 4.79 Å². The molecule has 0 aliphatic carbocycles. The third-order valence-electron chi connectivity index (χ3n) is 2.47. The van der Waals surface area contributed by atoms with Crippen LogP contribution in [0.3, 0.4) is 0 Å². The molecule has 2 aromatic rings. The van der Waals surface area contributed by atoms with Gasteiger partial charge in [-0.1, -0.05) is 12.1 Å². The Labute approximate surface area is 81.5 Å². The van der Waals surface area contributed by atoms with Gasteiger partial charge in [0.25, 0.3) is 5.91 Å². The SMILES string of the molecule is Cc1oc2c(C(N)=O)cccc2c1C. The second-order valence-corrected chi connectivity index (χ2v) is 3.33. The molecular weight excluding hydrogens is 178 g/mol. The Morgan fingerprint density at radius 1 is 1.36 bits per heavy atom. The van der Waals surface area contributed by atoms with E-state index in [2.05, 4.69) is 0 Å². The predicted molar refractivity (Wildman–Crippen MR) is 54.2 cm³/mol. The van der Waals surface area contributed by atoms with Crippen LogP contribution < -0.4 is 5.73 Å². The molecule has 72 valence electrons. The molecule has 2 rings (SSSR count). The second-order valence-electron chi connectivity index (χ2n) is 3.33. The van der Waals surface area contributed by atoms with Gasteiger partial charge in [0.05, 0.1) is 5.56 Å². The number of aryl methyl sites for hydroxylation is 2. The van der Waals surface area contributed by atoms with Gasteiger partial charge in [0.15, 0.2) is 0 Å². The molecule has 3 heteroatoms. The number of primary amides is 1. The number of rotatable bonds is 1. The minimum Gasteiger partial charge on any atom is -0.460 e. The molecular formula is C11H11NO2. The summed E-state index contributed by atoms with van der Waals surface area (Å²) in [7, 11) is 0. The van der Waals surface area contributed by atoms with Crippen LogP contribution in [0.1, 0.15) is 21.7 Å². The number of amides is 1. The summed E-state index contributed by atoms with van der Waals surface area (Å²) in [6, 6.07) is 5.41. The van der Waals surface area contributed by atoms with Crippen molar-refractivity contribution in [1.82, 2.24) is 0 Å². The minimum atomic E-state index is -0.454. The van der Waals surface area contributed by atoms with Gasteiger partial charge in [0, 0.05) is 5.39 Å². The molecule has 0 unspecified atom stereocenters. The van der Waals surface area contributed by atoms with Crippen LogP contribution in [0.25, 0.3) is 11.0 Å². The van der Waals surface area contributed by atoms with E-state index in [1.807, 2.05) is 26.0 Å². The van der Waals surface area contributed by atoms with Crippen LogP contribution in [0.4, 0.5) is 0 Å². The van der Waals surface area contributed by atoms with Crippen molar-refractivity contribution in [2.45, 2.75) is 13.8 Å². The molecule has 3 nitrogen and oxygen atoms in total. The molecule has 0 fully saturated rings. The van der Waals surface area contributed by atoms with E-state index in [-0.39, 0.29) is 0 Å². The Morgan fingerprint density at radius 2 is 2.07 bits per heavy atom. The molecule has 0 saturated carbocycles. The lowest BCUT2D eigenvalue weighted by atomic mass is 10.1. The Balaban J connectivity index is 2.88. The predicted octanol–water partition coefficient (Wildman–Crippen LogP) is 2.15. The molecule has 14 heavy (non-hydrogen) atoms. The Hall–Kier alpha value is -1.77. The van der Waals surface area contributed by atoms with Crippen molar-refractivity contribution < 1.29 is 9.21 Å². The van der Waals surface area contributed by atoms with Crippen LogP contribution >= 0.6 is 0 Å². The van der Waals surface area contributed by atoms with Gasteiger partial charge in [-0.15, -0.1) is 0 Å². The maximum Gasteiger partial charge on any atom is 0.252 e. The van der Waals surface area contributed by atoms with Gasteiger partial charge in [0.1, 0.15) is 11.3 Å². The van der Waals surface area contributed by atoms with Crippen molar-refractivity contribution in [3.63, 3.8) is 0 Å². The first-order valence-electron chi connectivity index (χ1n) is 4.40. The van der Waals surface area contributed by atoms with E-state index in [1.165, 1.54) is 0 Å². The third-order valence-corrected chi connectivity index (χ3v) is 2.47. The molecule has 0 aliphatic rings. The number of fused-ring (bicyclic) bond motifs is 1. The highest BCUT2D eigenvalue weighted by Gasteiger charge is 2.13. The van der Waals surface area contributed by atoms with Crippen LogP contribution in [0, 0.1) is 13.8 Å². The van der Waals surface area contributed by atoms with Gasteiger partial charge in [0.2, 0.25) is 0 Å². The van der Waals surface area contributed by atoms with E-state index in [1.54, 1.807) is 6.07 Å². The standard InChI is InChI=1S/C11H11NO2/c1-6-7(2)14-10-8(6)4-3-5-9(10)11(12)13/h3-5H,1-2H3,(H2,12,13). The number of furan rings is 1. The molecule has 0 spiro atoms. The number of para-hydroxylation sites is 1. The van der Waals surface area contributed by atoms with Gasteiger partial charge in [-0.3, -0.25) is 4.79 Å². The van der Waals surface area contributed by atoms with Crippen molar-refractivity contribution in [2.24, 2.45) is 5.73 Å². The average Bonchev–Trinajstić information content (AvgIpc) is 2.43. The normalized spacial score (nSPS) is 10.7. The number of carbonyl (C=O) groups excluding carboxylic acids is 1. The maximum atomic E-state index is 11.1. The summed E-state index contributed by atoms with van der Waals surface area (Å²) in [6.45, 7) is 3.84. The topological polar surface area (TPSA) is 56.2 Å².